The first-order chi connectivity index (χ1) is 10.3. The summed E-state index contributed by atoms with van der Waals surface area (Å²) in [5.41, 5.74) is 1.98. The molecule has 2 heterocycles. The van der Waals surface area contributed by atoms with Crippen LogP contribution < -0.4 is 5.32 Å². The van der Waals surface area contributed by atoms with Crippen LogP contribution in [0.25, 0.3) is 11.4 Å². The van der Waals surface area contributed by atoms with Gasteiger partial charge in [-0.3, -0.25) is 5.10 Å². The number of H-pyrrole nitrogens is 1. The van der Waals surface area contributed by atoms with Crippen molar-refractivity contribution >= 4 is 5.69 Å². The van der Waals surface area contributed by atoms with E-state index in [1.54, 1.807) is 0 Å². The third kappa shape index (κ3) is 2.79. The zero-order valence-electron chi connectivity index (χ0n) is 12.2. The van der Waals surface area contributed by atoms with Gasteiger partial charge in [-0.05, 0) is 26.0 Å². The van der Waals surface area contributed by atoms with Gasteiger partial charge in [0.1, 0.15) is 11.6 Å². The molecule has 0 atom stereocenters. The highest BCUT2D eigenvalue weighted by Gasteiger charge is 2.09. The molecule has 2 aromatic heterocycles. The first-order valence-corrected chi connectivity index (χ1v) is 7.00. The zero-order chi connectivity index (χ0) is 14.7. The van der Waals surface area contributed by atoms with Gasteiger partial charge in [-0.1, -0.05) is 12.1 Å². The summed E-state index contributed by atoms with van der Waals surface area (Å²) >= 11 is 0. The number of nitrogens with zero attached hydrogens (tertiary/aromatic N) is 4. The van der Waals surface area contributed by atoms with Crippen molar-refractivity contribution in [3.63, 3.8) is 0 Å². The van der Waals surface area contributed by atoms with Crippen LogP contribution >= 0.6 is 0 Å². The Morgan fingerprint density at radius 1 is 1.29 bits per heavy atom. The summed E-state index contributed by atoms with van der Waals surface area (Å²) in [4.78, 5) is 8.76. The number of imidazole rings is 1. The molecule has 1 aromatic carbocycles. The van der Waals surface area contributed by atoms with Gasteiger partial charge < -0.3 is 9.88 Å². The van der Waals surface area contributed by atoms with Gasteiger partial charge in [0.05, 0.1) is 6.54 Å². The Hall–Kier alpha value is -2.63. The van der Waals surface area contributed by atoms with Crippen LogP contribution in [0, 0.1) is 6.92 Å². The molecule has 2 N–H and O–H groups in total. The second-order valence-electron chi connectivity index (χ2n) is 4.77. The van der Waals surface area contributed by atoms with Crippen molar-refractivity contribution in [2.75, 3.05) is 5.32 Å². The zero-order valence-corrected chi connectivity index (χ0v) is 12.2. The Bertz CT molecular complexity index is 727. The minimum Gasteiger partial charge on any atom is -0.377 e. The number of nitrogens with one attached hydrogen (secondary N) is 2. The lowest BCUT2D eigenvalue weighted by Gasteiger charge is -2.10. The van der Waals surface area contributed by atoms with E-state index in [0.717, 1.165) is 29.4 Å². The van der Waals surface area contributed by atoms with Gasteiger partial charge in [0.2, 0.25) is 0 Å². The van der Waals surface area contributed by atoms with E-state index in [-0.39, 0.29) is 0 Å². The minimum absolute atomic E-state index is 0.668. The summed E-state index contributed by atoms with van der Waals surface area (Å²) in [6.07, 6.45) is 3.81. The van der Waals surface area contributed by atoms with E-state index in [1.165, 1.54) is 0 Å². The van der Waals surface area contributed by atoms with E-state index in [9.17, 15) is 0 Å². The van der Waals surface area contributed by atoms with Crippen LogP contribution in [-0.2, 0) is 13.1 Å². The summed E-state index contributed by atoms with van der Waals surface area (Å²) in [7, 11) is 0. The summed E-state index contributed by atoms with van der Waals surface area (Å²) in [5, 5.41) is 10.5. The molecule has 0 aliphatic heterocycles. The Morgan fingerprint density at radius 2 is 2.14 bits per heavy atom. The lowest BCUT2D eigenvalue weighted by Crippen LogP contribution is -2.08. The van der Waals surface area contributed by atoms with Crippen molar-refractivity contribution in [1.29, 1.82) is 0 Å². The quantitative estimate of drug-likeness (QED) is 0.754. The molecule has 0 aliphatic carbocycles. The number of anilines is 1. The van der Waals surface area contributed by atoms with Gasteiger partial charge in [-0.25, -0.2) is 9.97 Å². The minimum atomic E-state index is 0.668. The standard InChI is InChI=1S/C15H18N6/c1-3-21-9-8-16-14(21)10-17-13-7-5-4-6-12(13)15-18-11(2)19-20-15/h4-9,17H,3,10H2,1-2H3,(H,18,19,20). The maximum absolute atomic E-state index is 4.39. The molecule has 6 nitrogen and oxygen atoms in total. The first kappa shape index (κ1) is 13.4. The van der Waals surface area contributed by atoms with E-state index < -0.39 is 0 Å². The third-order valence-corrected chi connectivity index (χ3v) is 3.34. The molecule has 21 heavy (non-hydrogen) atoms. The fourth-order valence-electron chi connectivity index (χ4n) is 2.26. The van der Waals surface area contributed by atoms with Gasteiger partial charge in [-0.2, -0.15) is 5.10 Å². The van der Waals surface area contributed by atoms with Crippen LogP contribution in [0.1, 0.15) is 18.6 Å². The smallest absolute Gasteiger partial charge is 0.183 e. The summed E-state index contributed by atoms with van der Waals surface area (Å²) in [6.45, 7) is 5.58. The molecule has 0 saturated heterocycles. The van der Waals surface area contributed by atoms with Crippen LogP contribution in [0.5, 0.6) is 0 Å². The number of benzene rings is 1. The van der Waals surface area contributed by atoms with Gasteiger partial charge in [0.15, 0.2) is 5.82 Å². The Balaban J connectivity index is 1.83. The fourth-order valence-corrected chi connectivity index (χ4v) is 2.26. The predicted molar refractivity (Wildman–Crippen MR) is 81.8 cm³/mol. The molecule has 3 rings (SSSR count). The highest BCUT2D eigenvalue weighted by atomic mass is 15.2. The molecule has 0 aliphatic rings. The van der Waals surface area contributed by atoms with Gasteiger partial charge in [0, 0.05) is 30.2 Å². The number of hydrogen-bond acceptors (Lipinski definition) is 4. The summed E-state index contributed by atoms with van der Waals surface area (Å²) in [5.74, 6) is 2.52. The maximum atomic E-state index is 4.39. The molecule has 0 unspecified atom stereocenters. The molecule has 6 heteroatoms. The number of hydrogen-bond donors (Lipinski definition) is 2. The average molecular weight is 282 g/mol. The second kappa shape index (κ2) is 5.78. The van der Waals surface area contributed by atoms with Crippen LogP contribution in [0.4, 0.5) is 5.69 Å². The topological polar surface area (TPSA) is 71.4 Å². The van der Waals surface area contributed by atoms with Crippen LogP contribution in [0.3, 0.4) is 0 Å². The van der Waals surface area contributed by atoms with E-state index >= 15 is 0 Å². The first-order valence-electron chi connectivity index (χ1n) is 7.00. The number of aryl methyl sites for hydroxylation is 2. The third-order valence-electron chi connectivity index (χ3n) is 3.34. The maximum Gasteiger partial charge on any atom is 0.183 e. The number of rotatable bonds is 5. The largest absolute Gasteiger partial charge is 0.377 e. The molecule has 0 saturated carbocycles. The molecule has 0 spiro atoms. The van der Waals surface area contributed by atoms with Gasteiger partial charge in [-0.15, -0.1) is 0 Å². The van der Waals surface area contributed by atoms with Gasteiger partial charge in [0.25, 0.3) is 0 Å². The van der Waals surface area contributed by atoms with Crippen molar-refractivity contribution in [1.82, 2.24) is 24.7 Å². The molecule has 0 fully saturated rings. The van der Waals surface area contributed by atoms with E-state index in [2.05, 4.69) is 37.0 Å². The number of para-hydroxylation sites is 1. The summed E-state index contributed by atoms with van der Waals surface area (Å²) < 4.78 is 2.12. The molecular weight excluding hydrogens is 264 g/mol. The van der Waals surface area contributed by atoms with E-state index in [1.807, 2.05) is 43.6 Å². The fraction of sp³-hybridized carbons (Fsp3) is 0.267. The lowest BCUT2D eigenvalue weighted by molar-refractivity contribution is 0.708. The van der Waals surface area contributed by atoms with Crippen molar-refractivity contribution in [2.24, 2.45) is 0 Å². The Labute approximate surface area is 123 Å². The molecular formula is C15H18N6. The monoisotopic (exact) mass is 282 g/mol. The molecule has 0 bridgehead atoms. The predicted octanol–water partition coefficient (Wildman–Crippen LogP) is 2.61. The number of aromatic nitrogens is 5. The molecule has 0 amide bonds. The Kier molecular flexibility index (Phi) is 3.68. The van der Waals surface area contributed by atoms with Crippen molar-refractivity contribution < 1.29 is 0 Å². The van der Waals surface area contributed by atoms with Crippen molar-refractivity contribution in [2.45, 2.75) is 26.9 Å². The normalized spacial score (nSPS) is 10.8. The van der Waals surface area contributed by atoms with Gasteiger partial charge >= 0.3 is 0 Å². The highest BCUT2D eigenvalue weighted by molar-refractivity contribution is 5.73. The highest BCUT2D eigenvalue weighted by Crippen LogP contribution is 2.25. The van der Waals surface area contributed by atoms with Crippen LogP contribution in [-0.4, -0.2) is 24.7 Å². The number of aromatic amines is 1. The molecule has 108 valence electrons. The lowest BCUT2D eigenvalue weighted by atomic mass is 10.1. The van der Waals surface area contributed by atoms with Crippen molar-refractivity contribution in [3.8, 4) is 11.4 Å². The van der Waals surface area contributed by atoms with Crippen LogP contribution in [0.15, 0.2) is 36.7 Å². The molecule has 3 aromatic rings. The summed E-state index contributed by atoms with van der Waals surface area (Å²) in [6, 6.07) is 8.02. The van der Waals surface area contributed by atoms with E-state index in [0.29, 0.717) is 12.4 Å². The molecule has 0 radical (unpaired) electrons. The Morgan fingerprint density at radius 3 is 2.90 bits per heavy atom. The van der Waals surface area contributed by atoms with E-state index in [4.69, 9.17) is 0 Å². The second-order valence-corrected chi connectivity index (χ2v) is 4.77. The average Bonchev–Trinajstić information content (AvgIpc) is 3.13. The van der Waals surface area contributed by atoms with Crippen molar-refractivity contribution in [3.05, 3.63) is 48.3 Å². The SMILES string of the molecule is CCn1ccnc1CNc1ccccc1-c1n[nH]c(C)n1. The van der Waals surface area contributed by atoms with Crippen LogP contribution in [0.2, 0.25) is 0 Å².